The number of nitro benzene ring substituents is 1. The Hall–Kier alpha value is -6.39. The van der Waals surface area contributed by atoms with Crippen molar-refractivity contribution in [1.29, 1.82) is 0 Å². The number of carbonyl (C=O) groups is 5. The van der Waals surface area contributed by atoms with Gasteiger partial charge in [-0.05, 0) is 98.6 Å². The molecule has 0 aliphatic heterocycles. The molecule has 2 amide bonds. The molecule has 0 bridgehead atoms. The van der Waals surface area contributed by atoms with Crippen molar-refractivity contribution in [2.45, 2.75) is 40.5 Å². The van der Waals surface area contributed by atoms with Crippen molar-refractivity contribution in [3.63, 3.8) is 0 Å². The Bertz CT molecular complexity index is 2060. The molecule has 6 N–H and O–H groups in total. The number of benzene rings is 4. The van der Waals surface area contributed by atoms with Gasteiger partial charge in [0.1, 0.15) is 17.2 Å². The molecule has 0 atom stereocenters. The smallest absolute Gasteiger partial charge is 0.312 e. The van der Waals surface area contributed by atoms with E-state index < -0.39 is 28.5 Å². The highest BCUT2D eigenvalue weighted by molar-refractivity contribution is 6.31. The first-order valence-corrected chi connectivity index (χ1v) is 17.5. The lowest BCUT2D eigenvalue weighted by Crippen LogP contribution is -2.22. The van der Waals surface area contributed by atoms with Crippen LogP contribution >= 0.6 is 23.2 Å². The predicted molar refractivity (Wildman–Crippen MR) is 208 cm³/mol. The number of carboxylic acid groups (broad SMARTS) is 2. The highest BCUT2D eigenvalue weighted by atomic mass is 35.5. The molecule has 4 aromatic rings. The zero-order valence-electron chi connectivity index (χ0n) is 30.7. The monoisotopic (exact) mass is 814 g/mol. The van der Waals surface area contributed by atoms with Crippen LogP contribution in [0.25, 0.3) is 0 Å². The Kier molecular flexibility index (Phi) is 18.6. The summed E-state index contributed by atoms with van der Waals surface area (Å²) in [5.74, 6) is -2.09. The molecule has 0 unspecified atom stereocenters. The second kappa shape index (κ2) is 22.7. The van der Waals surface area contributed by atoms with E-state index in [-0.39, 0.29) is 46.8 Å². The summed E-state index contributed by atoms with van der Waals surface area (Å²) in [5, 5.41) is 34.9. The van der Waals surface area contributed by atoms with Crippen LogP contribution in [0.3, 0.4) is 0 Å². The number of nitrogen functional groups attached to an aromatic ring is 1. The summed E-state index contributed by atoms with van der Waals surface area (Å²) in [6, 6.07) is 17.5. The quantitative estimate of drug-likeness (QED) is 0.0370. The van der Waals surface area contributed by atoms with Gasteiger partial charge in [0.25, 0.3) is 11.8 Å². The van der Waals surface area contributed by atoms with Gasteiger partial charge < -0.3 is 40.8 Å². The Balaban J connectivity index is 0.000000338. The van der Waals surface area contributed by atoms with Crippen molar-refractivity contribution in [2.75, 3.05) is 25.4 Å². The topological polar surface area (TPSA) is 247 Å². The molecule has 298 valence electrons. The molecule has 0 aliphatic rings. The van der Waals surface area contributed by atoms with E-state index in [0.717, 1.165) is 6.07 Å². The molecule has 0 aromatic heterocycles. The molecule has 56 heavy (non-hydrogen) atoms. The van der Waals surface area contributed by atoms with Crippen molar-refractivity contribution < 1.29 is 53.3 Å². The maximum atomic E-state index is 11.8. The van der Waals surface area contributed by atoms with E-state index in [0.29, 0.717) is 58.6 Å². The molecular formula is C38H40Cl2N4O12. The minimum absolute atomic E-state index is 0.0911. The fourth-order valence-corrected chi connectivity index (χ4v) is 5.06. The number of halogens is 2. The van der Waals surface area contributed by atoms with E-state index in [4.69, 9.17) is 48.6 Å². The Labute approximate surface area is 331 Å². The lowest BCUT2D eigenvalue weighted by Gasteiger charge is -2.11. The number of anilines is 1. The summed E-state index contributed by atoms with van der Waals surface area (Å²) in [6.07, 6.45) is -0.433. The average Bonchev–Trinajstić information content (AvgIpc) is 3.09. The summed E-state index contributed by atoms with van der Waals surface area (Å²) in [5.41, 5.74) is 7.29. The first-order chi connectivity index (χ1) is 26.4. The number of amides is 2. The summed E-state index contributed by atoms with van der Waals surface area (Å²) in [7, 11) is 0. The third kappa shape index (κ3) is 15.9. The van der Waals surface area contributed by atoms with Crippen molar-refractivity contribution >= 4 is 64.3 Å². The fourth-order valence-electron chi connectivity index (χ4n) is 4.57. The summed E-state index contributed by atoms with van der Waals surface area (Å²) < 4.78 is 15.6. The van der Waals surface area contributed by atoms with E-state index in [1.165, 1.54) is 43.3 Å². The van der Waals surface area contributed by atoms with Crippen molar-refractivity contribution in [3.8, 4) is 23.0 Å². The van der Waals surface area contributed by atoms with Gasteiger partial charge in [-0.2, -0.15) is 0 Å². The van der Waals surface area contributed by atoms with Crippen molar-refractivity contribution in [1.82, 2.24) is 10.6 Å². The van der Waals surface area contributed by atoms with Gasteiger partial charge in [-0.15, -0.1) is 0 Å². The van der Waals surface area contributed by atoms with Crippen LogP contribution in [0, 0.1) is 10.1 Å². The van der Waals surface area contributed by atoms with Crippen molar-refractivity contribution in [2.24, 2.45) is 0 Å². The number of aliphatic carboxylic acids is 2. The van der Waals surface area contributed by atoms with Crippen LogP contribution in [-0.2, 0) is 32.0 Å². The standard InChI is InChI=1S/C17H15ClN2O6.C17H17ClN2O4.C4H8O2/c1-2-19-17(23)11-3-4-15(14(8-11)20(24)25)26-13-6-10(7-16(21)22)5-12(18)9-13;1-2-20-17(23)11-3-4-15(14(19)8-11)24-13-6-10(7-16(21)22)5-12(18)9-13;1-3-6-4(2)5/h3-6,8-9H,2,7H2,1H3,(H,19,23)(H,21,22);3-6,8-9H,2,7,19H2,1H3,(H,20,23)(H,21,22);3H2,1-2H3. The molecule has 0 radical (unpaired) electrons. The number of carboxylic acids is 2. The second-order valence-electron chi connectivity index (χ2n) is 11.3. The number of nitrogens with one attached hydrogen (secondary N) is 2. The average molecular weight is 816 g/mol. The Morgan fingerprint density at radius 2 is 1.16 bits per heavy atom. The van der Waals surface area contributed by atoms with Gasteiger partial charge >= 0.3 is 23.6 Å². The molecular weight excluding hydrogens is 775 g/mol. The van der Waals surface area contributed by atoms with E-state index >= 15 is 0 Å². The van der Waals surface area contributed by atoms with Gasteiger partial charge in [-0.3, -0.25) is 34.1 Å². The van der Waals surface area contributed by atoms with E-state index in [1.807, 2.05) is 6.92 Å². The molecule has 0 saturated heterocycles. The third-order valence-electron chi connectivity index (χ3n) is 6.74. The number of hydrogen-bond acceptors (Lipinski definition) is 11. The number of rotatable bonds is 14. The lowest BCUT2D eigenvalue weighted by molar-refractivity contribution is -0.385. The molecule has 0 saturated carbocycles. The predicted octanol–water partition coefficient (Wildman–Crippen LogP) is 7.08. The second-order valence-corrected chi connectivity index (χ2v) is 12.1. The van der Waals surface area contributed by atoms with Gasteiger partial charge in [0, 0.05) is 47.3 Å². The van der Waals surface area contributed by atoms with E-state index in [1.54, 1.807) is 44.2 Å². The zero-order valence-corrected chi connectivity index (χ0v) is 32.2. The van der Waals surface area contributed by atoms with Crippen LogP contribution < -0.4 is 25.8 Å². The molecule has 16 nitrogen and oxygen atoms in total. The third-order valence-corrected chi connectivity index (χ3v) is 7.18. The van der Waals surface area contributed by atoms with E-state index in [2.05, 4.69) is 15.4 Å². The normalized spacial score (nSPS) is 9.96. The molecule has 0 aliphatic carbocycles. The number of carbonyl (C=O) groups excluding carboxylic acids is 3. The highest BCUT2D eigenvalue weighted by Gasteiger charge is 2.20. The summed E-state index contributed by atoms with van der Waals surface area (Å²) in [6.45, 7) is 8.12. The van der Waals surface area contributed by atoms with Crippen LogP contribution in [0.5, 0.6) is 23.0 Å². The van der Waals surface area contributed by atoms with Gasteiger partial charge in [0.15, 0.2) is 0 Å². The van der Waals surface area contributed by atoms with Gasteiger partial charge in [-0.1, -0.05) is 23.2 Å². The lowest BCUT2D eigenvalue weighted by atomic mass is 10.1. The molecule has 18 heteroatoms. The van der Waals surface area contributed by atoms with E-state index in [9.17, 15) is 34.1 Å². The number of esters is 1. The minimum Gasteiger partial charge on any atom is -0.481 e. The fraction of sp³-hybridized carbons (Fsp3) is 0.237. The molecule has 4 rings (SSSR count). The SMILES string of the molecule is CCNC(=O)c1ccc(Oc2cc(Cl)cc(CC(=O)O)c2)c(N)c1.CCNC(=O)c1ccc(Oc2cc(Cl)cc(CC(=O)O)c2)c([N+](=O)[O-])c1.CCOC(C)=O. The maximum Gasteiger partial charge on any atom is 0.312 e. The summed E-state index contributed by atoms with van der Waals surface area (Å²) in [4.78, 5) is 65.7. The Morgan fingerprint density at radius 1 is 0.714 bits per heavy atom. The maximum absolute atomic E-state index is 11.8. The highest BCUT2D eigenvalue weighted by Crippen LogP contribution is 2.34. The number of nitrogens with two attached hydrogens (primary N) is 1. The van der Waals surface area contributed by atoms with Crippen LogP contribution in [-0.4, -0.2) is 64.6 Å². The van der Waals surface area contributed by atoms with Gasteiger partial charge in [0.2, 0.25) is 5.75 Å². The zero-order chi connectivity index (χ0) is 41.9. The molecule has 0 heterocycles. The number of ether oxygens (including phenoxy) is 3. The largest absolute Gasteiger partial charge is 0.481 e. The first-order valence-electron chi connectivity index (χ1n) is 16.7. The van der Waals surface area contributed by atoms with Gasteiger partial charge in [0.05, 0.1) is 30.1 Å². The van der Waals surface area contributed by atoms with Gasteiger partial charge in [-0.25, -0.2) is 0 Å². The summed E-state index contributed by atoms with van der Waals surface area (Å²) >= 11 is 11.9. The van der Waals surface area contributed by atoms with Crippen LogP contribution in [0.2, 0.25) is 10.0 Å². The number of hydrogen-bond donors (Lipinski definition) is 5. The molecule has 4 aromatic carbocycles. The number of nitro groups is 1. The first kappa shape index (κ1) is 45.8. The van der Waals surface area contributed by atoms with Crippen LogP contribution in [0.1, 0.15) is 59.5 Å². The van der Waals surface area contributed by atoms with Crippen LogP contribution in [0.15, 0.2) is 72.8 Å². The minimum atomic E-state index is -1.05. The Morgan fingerprint density at radius 3 is 1.54 bits per heavy atom. The molecule has 0 spiro atoms. The van der Waals surface area contributed by atoms with Crippen LogP contribution in [0.4, 0.5) is 11.4 Å². The van der Waals surface area contributed by atoms with Crippen molar-refractivity contribution in [3.05, 3.63) is 115 Å². The molecule has 0 fully saturated rings. The number of nitrogens with zero attached hydrogens (tertiary/aromatic N) is 1.